The molecule has 0 aliphatic heterocycles. The molecule has 0 unspecified atom stereocenters. The number of rotatable bonds is 8. The second-order valence-corrected chi connectivity index (χ2v) is 9.79. The van der Waals surface area contributed by atoms with Crippen molar-refractivity contribution in [3.05, 3.63) is 61.7 Å². The molecule has 3 heterocycles. The van der Waals surface area contributed by atoms with Crippen LogP contribution in [-0.4, -0.2) is 33.1 Å². The summed E-state index contributed by atoms with van der Waals surface area (Å²) in [6.45, 7) is 4.88. The number of fused-ring (bicyclic) bond motifs is 3. The zero-order valence-corrected chi connectivity index (χ0v) is 17.9. The minimum absolute atomic E-state index is 0.0442. The molecule has 1 N–H and O–H groups in total. The van der Waals surface area contributed by atoms with Crippen molar-refractivity contribution in [3.8, 4) is 0 Å². The van der Waals surface area contributed by atoms with Crippen molar-refractivity contribution in [1.29, 1.82) is 0 Å². The smallest absolute Gasteiger partial charge is 0.259 e. The summed E-state index contributed by atoms with van der Waals surface area (Å²) >= 11 is 4.77. The van der Waals surface area contributed by atoms with Crippen LogP contribution in [0.5, 0.6) is 0 Å². The summed E-state index contributed by atoms with van der Waals surface area (Å²) in [4.78, 5) is 37.7. The van der Waals surface area contributed by atoms with Crippen molar-refractivity contribution in [2.24, 2.45) is 0 Å². The molecule has 28 heavy (non-hydrogen) atoms. The standard InChI is InChI=1S/C20H21N3O2S3/c1-2-8-23(10-13-5-4-9-27-13)17(24)12-26-11-16-21-19(25)18-14-6-3-7-15(14)28-20(18)22-16/h2,4-5,9H,1,3,6-8,10-12H2,(H,21,22,25). The summed E-state index contributed by atoms with van der Waals surface area (Å²) in [6.07, 6.45) is 4.91. The maximum Gasteiger partial charge on any atom is 0.259 e. The molecule has 0 aromatic carbocycles. The van der Waals surface area contributed by atoms with Gasteiger partial charge in [-0.05, 0) is 36.3 Å². The number of nitrogens with zero attached hydrogens (tertiary/aromatic N) is 2. The van der Waals surface area contributed by atoms with Gasteiger partial charge in [0.05, 0.1) is 23.4 Å². The number of carbonyl (C=O) groups excluding carboxylic acids is 1. The van der Waals surface area contributed by atoms with Crippen LogP contribution in [0.15, 0.2) is 35.0 Å². The lowest BCUT2D eigenvalue weighted by molar-refractivity contribution is -0.128. The Balaban J connectivity index is 1.39. The number of carbonyl (C=O) groups is 1. The largest absolute Gasteiger partial charge is 0.333 e. The number of aromatic nitrogens is 2. The summed E-state index contributed by atoms with van der Waals surface area (Å²) in [6, 6.07) is 4.02. The molecule has 1 aliphatic carbocycles. The quantitative estimate of drug-likeness (QED) is 0.548. The number of thioether (sulfide) groups is 1. The number of H-pyrrole nitrogens is 1. The Bertz CT molecular complexity index is 1050. The molecule has 1 amide bonds. The van der Waals surface area contributed by atoms with Crippen molar-refractivity contribution in [3.63, 3.8) is 0 Å². The predicted molar refractivity (Wildman–Crippen MR) is 118 cm³/mol. The van der Waals surface area contributed by atoms with Crippen molar-refractivity contribution < 1.29 is 4.79 Å². The Labute approximate surface area is 175 Å². The van der Waals surface area contributed by atoms with Crippen LogP contribution in [0.2, 0.25) is 0 Å². The SMILES string of the molecule is C=CCN(Cc1cccs1)C(=O)CSCc1nc2sc3c(c2c(=O)[nH]1)CCC3. The molecule has 3 aromatic heterocycles. The molecule has 0 bridgehead atoms. The molecule has 3 aromatic rings. The third-order valence-corrected chi connectivity index (χ3v) is 7.69. The van der Waals surface area contributed by atoms with Gasteiger partial charge in [0.2, 0.25) is 5.91 Å². The van der Waals surface area contributed by atoms with Crippen molar-refractivity contribution >= 4 is 50.6 Å². The number of thiophene rings is 2. The molecular formula is C20H21N3O2S3. The number of aromatic amines is 1. The second-order valence-electron chi connectivity index (χ2n) is 6.69. The Morgan fingerprint density at radius 3 is 3.11 bits per heavy atom. The molecule has 0 saturated heterocycles. The Kier molecular flexibility index (Phi) is 5.99. The summed E-state index contributed by atoms with van der Waals surface area (Å²) in [5.41, 5.74) is 1.15. The zero-order valence-electron chi connectivity index (χ0n) is 15.4. The van der Waals surface area contributed by atoms with E-state index < -0.39 is 0 Å². The fourth-order valence-electron chi connectivity index (χ4n) is 3.44. The monoisotopic (exact) mass is 431 g/mol. The highest BCUT2D eigenvalue weighted by atomic mass is 32.2. The minimum Gasteiger partial charge on any atom is -0.333 e. The van der Waals surface area contributed by atoms with Crippen molar-refractivity contribution in [2.45, 2.75) is 31.6 Å². The molecule has 0 saturated carbocycles. The molecular weight excluding hydrogens is 410 g/mol. The Morgan fingerprint density at radius 1 is 1.43 bits per heavy atom. The fraction of sp³-hybridized carbons (Fsp3) is 0.350. The molecule has 1 aliphatic rings. The van der Waals surface area contributed by atoms with Crippen LogP contribution in [0.3, 0.4) is 0 Å². The molecule has 0 spiro atoms. The third kappa shape index (κ3) is 4.09. The first-order chi connectivity index (χ1) is 13.7. The summed E-state index contributed by atoms with van der Waals surface area (Å²) in [5.74, 6) is 1.57. The van der Waals surface area contributed by atoms with Gasteiger partial charge < -0.3 is 9.88 Å². The number of hydrogen-bond acceptors (Lipinski definition) is 6. The lowest BCUT2D eigenvalue weighted by Gasteiger charge is -2.20. The van der Waals surface area contributed by atoms with E-state index in [2.05, 4.69) is 16.5 Å². The van der Waals surface area contributed by atoms with E-state index in [9.17, 15) is 9.59 Å². The number of amides is 1. The van der Waals surface area contributed by atoms with Gasteiger partial charge in [-0.3, -0.25) is 9.59 Å². The van der Waals surface area contributed by atoms with E-state index in [0.717, 1.165) is 34.4 Å². The van der Waals surface area contributed by atoms with Gasteiger partial charge in [-0.25, -0.2) is 4.98 Å². The van der Waals surface area contributed by atoms with Crippen LogP contribution in [0.25, 0.3) is 10.2 Å². The van der Waals surface area contributed by atoms with Gasteiger partial charge in [-0.2, -0.15) is 0 Å². The fourth-order valence-corrected chi connectivity index (χ4v) is 6.23. The van der Waals surface area contributed by atoms with Gasteiger partial charge in [0.15, 0.2) is 0 Å². The van der Waals surface area contributed by atoms with E-state index in [4.69, 9.17) is 0 Å². The van der Waals surface area contributed by atoms with Crippen LogP contribution >= 0.6 is 34.4 Å². The first-order valence-corrected chi connectivity index (χ1v) is 12.0. The average molecular weight is 432 g/mol. The summed E-state index contributed by atoms with van der Waals surface area (Å²) in [5, 5.41) is 2.79. The normalized spacial score (nSPS) is 13.0. The Hall–Kier alpha value is -1.90. The molecule has 4 rings (SSSR count). The molecule has 0 radical (unpaired) electrons. The summed E-state index contributed by atoms with van der Waals surface area (Å²) < 4.78 is 0. The second kappa shape index (κ2) is 8.63. The number of hydrogen-bond donors (Lipinski definition) is 1. The van der Waals surface area contributed by atoms with Gasteiger partial charge in [-0.1, -0.05) is 12.1 Å². The molecule has 8 heteroatoms. The molecule has 5 nitrogen and oxygen atoms in total. The highest BCUT2D eigenvalue weighted by Gasteiger charge is 2.21. The zero-order chi connectivity index (χ0) is 19.5. The van der Waals surface area contributed by atoms with Crippen LogP contribution in [-0.2, 0) is 29.9 Å². The lowest BCUT2D eigenvalue weighted by Crippen LogP contribution is -2.31. The predicted octanol–water partition coefficient (Wildman–Crippen LogP) is 3.98. The first kappa shape index (κ1) is 19.4. The molecule has 146 valence electrons. The van der Waals surface area contributed by atoms with Gasteiger partial charge in [0.25, 0.3) is 5.56 Å². The maximum atomic E-state index is 12.6. The first-order valence-electron chi connectivity index (χ1n) is 9.18. The van der Waals surface area contributed by atoms with E-state index in [1.807, 2.05) is 17.5 Å². The van der Waals surface area contributed by atoms with E-state index in [1.165, 1.54) is 22.2 Å². The summed E-state index contributed by atoms with van der Waals surface area (Å²) in [7, 11) is 0. The van der Waals surface area contributed by atoms with Crippen LogP contribution in [0.1, 0.15) is 27.6 Å². The van der Waals surface area contributed by atoms with E-state index in [-0.39, 0.29) is 11.5 Å². The van der Waals surface area contributed by atoms with Gasteiger partial charge in [0.1, 0.15) is 10.7 Å². The van der Waals surface area contributed by atoms with Crippen LogP contribution < -0.4 is 5.56 Å². The van der Waals surface area contributed by atoms with Gasteiger partial charge in [-0.15, -0.1) is 41.0 Å². The highest BCUT2D eigenvalue weighted by molar-refractivity contribution is 7.99. The van der Waals surface area contributed by atoms with E-state index in [0.29, 0.717) is 30.4 Å². The maximum absolute atomic E-state index is 12.6. The lowest BCUT2D eigenvalue weighted by atomic mass is 10.2. The third-order valence-electron chi connectivity index (χ3n) is 4.72. The van der Waals surface area contributed by atoms with Crippen molar-refractivity contribution in [1.82, 2.24) is 14.9 Å². The Morgan fingerprint density at radius 2 is 2.32 bits per heavy atom. The number of aryl methyl sites for hydroxylation is 2. The number of nitrogens with one attached hydrogen (secondary N) is 1. The topological polar surface area (TPSA) is 66.1 Å². The molecule has 0 fully saturated rings. The van der Waals surface area contributed by atoms with Crippen molar-refractivity contribution in [2.75, 3.05) is 12.3 Å². The minimum atomic E-state index is -0.0442. The highest BCUT2D eigenvalue weighted by Crippen LogP contribution is 2.34. The van der Waals surface area contributed by atoms with Crippen LogP contribution in [0, 0.1) is 0 Å². The van der Waals surface area contributed by atoms with E-state index in [1.54, 1.807) is 33.6 Å². The van der Waals surface area contributed by atoms with Gasteiger partial charge in [0, 0.05) is 16.3 Å². The van der Waals surface area contributed by atoms with Crippen LogP contribution in [0.4, 0.5) is 0 Å². The molecule has 0 atom stereocenters. The average Bonchev–Trinajstić information content (AvgIpc) is 3.38. The van der Waals surface area contributed by atoms with Gasteiger partial charge >= 0.3 is 0 Å². The van der Waals surface area contributed by atoms with E-state index >= 15 is 0 Å².